The van der Waals surface area contributed by atoms with E-state index < -0.39 is 0 Å². The zero-order valence-corrected chi connectivity index (χ0v) is 13.0. The SMILES string of the molecule is CCCCN1C(=O)N(C)[C@@H]2[C@@H]1N(C)C(=O)N2CCCC. The van der Waals surface area contributed by atoms with Crippen LogP contribution >= 0.6 is 0 Å². The highest BCUT2D eigenvalue weighted by atomic mass is 16.2. The van der Waals surface area contributed by atoms with Crippen molar-refractivity contribution < 1.29 is 9.59 Å². The normalized spacial score (nSPS) is 26.0. The van der Waals surface area contributed by atoms with Gasteiger partial charge in [0.25, 0.3) is 0 Å². The highest BCUT2D eigenvalue weighted by Crippen LogP contribution is 2.33. The van der Waals surface area contributed by atoms with Crippen LogP contribution in [0.4, 0.5) is 9.59 Å². The quantitative estimate of drug-likeness (QED) is 0.748. The molecule has 0 aromatic heterocycles. The van der Waals surface area contributed by atoms with Gasteiger partial charge in [-0.3, -0.25) is 0 Å². The highest BCUT2D eigenvalue weighted by Gasteiger charge is 2.56. The summed E-state index contributed by atoms with van der Waals surface area (Å²) >= 11 is 0. The van der Waals surface area contributed by atoms with Gasteiger partial charge in [-0.1, -0.05) is 26.7 Å². The van der Waals surface area contributed by atoms with Crippen LogP contribution in [0.3, 0.4) is 0 Å². The third-order valence-corrected chi connectivity index (χ3v) is 4.30. The minimum Gasteiger partial charge on any atom is -0.303 e. The minimum absolute atomic E-state index is 0.0364. The molecule has 0 unspecified atom stereocenters. The lowest BCUT2D eigenvalue weighted by molar-refractivity contribution is 0.143. The number of amides is 4. The van der Waals surface area contributed by atoms with Crippen molar-refractivity contribution in [3.8, 4) is 0 Å². The molecule has 6 nitrogen and oxygen atoms in total. The largest absolute Gasteiger partial charge is 0.323 e. The Morgan fingerprint density at radius 2 is 1.15 bits per heavy atom. The van der Waals surface area contributed by atoms with Crippen LogP contribution in [-0.4, -0.2) is 71.2 Å². The third-order valence-electron chi connectivity index (χ3n) is 4.30. The molecule has 0 bridgehead atoms. The molecule has 4 amide bonds. The predicted octanol–water partition coefficient (Wildman–Crippen LogP) is 1.97. The molecule has 0 spiro atoms. The molecular formula is C14H26N4O2. The van der Waals surface area contributed by atoms with E-state index in [1.54, 1.807) is 23.9 Å². The summed E-state index contributed by atoms with van der Waals surface area (Å²) in [6.07, 6.45) is 3.76. The van der Waals surface area contributed by atoms with Crippen molar-refractivity contribution in [3.05, 3.63) is 0 Å². The summed E-state index contributed by atoms with van der Waals surface area (Å²) in [5.41, 5.74) is 0. The summed E-state index contributed by atoms with van der Waals surface area (Å²) in [5, 5.41) is 0. The third kappa shape index (κ3) is 2.21. The number of rotatable bonds is 6. The molecule has 2 atom stereocenters. The molecule has 2 aliphatic rings. The molecule has 114 valence electrons. The zero-order valence-electron chi connectivity index (χ0n) is 13.0. The maximum atomic E-state index is 12.4. The fraction of sp³-hybridized carbons (Fsp3) is 0.857. The van der Waals surface area contributed by atoms with Crippen molar-refractivity contribution in [3.63, 3.8) is 0 Å². The van der Waals surface area contributed by atoms with E-state index in [-0.39, 0.29) is 24.4 Å². The molecule has 0 N–H and O–H groups in total. The van der Waals surface area contributed by atoms with Crippen LogP contribution in [0, 0.1) is 0 Å². The molecule has 0 aliphatic carbocycles. The first-order chi connectivity index (χ1) is 9.54. The Labute approximate surface area is 121 Å². The van der Waals surface area contributed by atoms with E-state index >= 15 is 0 Å². The van der Waals surface area contributed by atoms with Crippen LogP contribution in [0.1, 0.15) is 39.5 Å². The van der Waals surface area contributed by atoms with Crippen LogP contribution in [-0.2, 0) is 0 Å². The first kappa shape index (κ1) is 14.9. The average Bonchev–Trinajstić information content (AvgIpc) is 2.82. The van der Waals surface area contributed by atoms with Gasteiger partial charge in [0.1, 0.15) is 12.3 Å². The van der Waals surface area contributed by atoms with E-state index in [4.69, 9.17) is 0 Å². The van der Waals surface area contributed by atoms with Gasteiger partial charge in [0.05, 0.1) is 0 Å². The Morgan fingerprint density at radius 1 is 0.800 bits per heavy atom. The summed E-state index contributed by atoms with van der Waals surface area (Å²) in [4.78, 5) is 31.9. The Morgan fingerprint density at radius 3 is 1.45 bits per heavy atom. The van der Waals surface area contributed by atoms with Crippen LogP contribution in [0.5, 0.6) is 0 Å². The summed E-state index contributed by atoms with van der Waals surface area (Å²) < 4.78 is 0. The van der Waals surface area contributed by atoms with E-state index in [0.717, 1.165) is 38.8 Å². The predicted molar refractivity (Wildman–Crippen MR) is 77.1 cm³/mol. The van der Waals surface area contributed by atoms with Gasteiger partial charge < -0.3 is 19.6 Å². The molecule has 2 saturated heterocycles. The summed E-state index contributed by atoms with van der Waals surface area (Å²) in [7, 11) is 3.61. The second-order valence-electron chi connectivity index (χ2n) is 5.71. The molecule has 6 heteroatoms. The molecule has 2 aliphatic heterocycles. The van der Waals surface area contributed by atoms with Gasteiger partial charge in [0.15, 0.2) is 0 Å². The van der Waals surface area contributed by atoms with Gasteiger partial charge in [-0.15, -0.1) is 0 Å². The van der Waals surface area contributed by atoms with Gasteiger partial charge in [-0.2, -0.15) is 0 Å². The van der Waals surface area contributed by atoms with Crippen molar-refractivity contribution in [2.75, 3.05) is 27.2 Å². The maximum Gasteiger partial charge on any atom is 0.323 e. The van der Waals surface area contributed by atoms with Crippen molar-refractivity contribution in [2.24, 2.45) is 0 Å². The number of nitrogens with zero attached hydrogens (tertiary/aromatic N) is 4. The second-order valence-corrected chi connectivity index (χ2v) is 5.71. The van der Waals surface area contributed by atoms with E-state index in [1.807, 2.05) is 9.80 Å². The Balaban J connectivity index is 2.20. The molecule has 2 fully saturated rings. The van der Waals surface area contributed by atoms with E-state index in [9.17, 15) is 9.59 Å². The van der Waals surface area contributed by atoms with Crippen molar-refractivity contribution in [2.45, 2.75) is 51.9 Å². The van der Waals surface area contributed by atoms with E-state index in [1.165, 1.54) is 0 Å². The van der Waals surface area contributed by atoms with Gasteiger partial charge in [0, 0.05) is 27.2 Å². The molecular weight excluding hydrogens is 256 g/mol. The monoisotopic (exact) mass is 282 g/mol. The Kier molecular flexibility index (Phi) is 4.40. The van der Waals surface area contributed by atoms with Crippen LogP contribution in [0.2, 0.25) is 0 Å². The van der Waals surface area contributed by atoms with Gasteiger partial charge >= 0.3 is 12.1 Å². The summed E-state index contributed by atoms with van der Waals surface area (Å²) in [5.74, 6) is 0. The van der Waals surface area contributed by atoms with E-state index in [0.29, 0.717) is 0 Å². The number of urea groups is 2. The smallest absolute Gasteiger partial charge is 0.303 e. The Hall–Kier alpha value is -1.46. The summed E-state index contributed by atoms with van der Waals surface area (Å²) in [6, 6.07) is 0.0728. The lowest BCUT2D eigenvalue weighted by atomic mass is 10.2. The minimum atomic E-state index is -0.136. The van der Waals surface area contributed by atoms with Gasteiger partial charge in [-0.25, -0.2) is 9.59 Å². The Bertz CT molecular complexity index is 351. The molecule has 0 aromatic carbocycles. The van der Waals surface area contributed by atoms with Gasteiger partial charge in [-0.05, 0) is 12.8 Å². The molecule has 0 saturated carbocycles. The number of unbranched alkanes of at least 4 members (excludes halogenated alkanes) is 2. The zero-order chi connectivity index (χ0) is 14.9. The first-order valence-electron chi connectivity index (χ1n) is 7.61. The van der Waals surface area contributed by atoms with Crippen LogP contribution in [0.25, 0.3) is 0 Å². The standard InChI is InChI=1S/C14H26N4O2/c1-5-7-9-17-11-12(16(4)13(17)19)18(10-8-6-2)14(20)15(11)3/h11-12H,5-10H2,1-4H3/t11-,12+. The number of hydrogen-bond acceptors (Lipinski definition) is 2. The van der Waals surface area contributed by atoms with Crippen molar-refractivity contribution in [1.29, 1.82) is 0 Å². The summed E-state index contributed by atoms with van der Waals surface area (Å²) in [6.45, 7) is 5.66. The molecule has 0 aromatic rings. The second kappa shape index (κ2) is 5.89. The molecule has 20 heavy (non-hydrogen) atoms. The number of likely N-dealkylation sites (N-methyl/N-ethyl adjacent to an activating group) is 2. The number of hydrogen-bond donors (Lipinski definition) is 0. The van der Waals surface area contributed by atoms with Gasteiger partial charge in [0.2, 0.25) is 0 Å². The fourth-order valence-electron chi connectivity index (χ4n) is 3.11. The number of carbonyl (C=O) groups excluding carboxylic acids is 2. The van der Waals surface area contributed by atoms with E-state index in [2.05, 4.69) is 13.8 Å². The fourth-order valence-corrected chi connectivity index (χ4v) is 3.11. The van der Waals surface area contributed by atoms with Crippen molar-refractivity contribution >= 4 is 12.1 Å². The highest BCUT2D eigenvalue weighted by molar-refractivity contribution is 5.84. The molecule has 2 heterocycles. The number of fused-ring (bicyclic) bond motifs is 1. The van der Waals surface area contributed by atoms with Crippen LogP contribution < -0.4 is 0 Å². The molecule has 0 radical (unpaired) electrons. The van der Waals surface area contributed by atoms with Crippen LogP contribution in [0.15, 0.2) is 0 Å². The lowest BCUT2D eigenvalue weighted by Crippen LogP contribution is -2.44. The average molecular weight is 282 g/mol. The maximum absolute atomic E-state index is 12.4. The molecule has 2 rings (SSSR count). The lowest BCUT2D eigenvalue weighted by Gasteiger charge is -2.26. The topological polar surface area (TPSA) is 47.1 Å². The van der Waals surface area contributed by atoms with Crippen molar-refractivity contribution in [1.82, 2.24) is 19.6 Å². The first-order valence-corrected chi connectivity index (χ1v) is 7.61. The number of carbonyl (C=O) groups is 2.